The van der Waals surface area contributed by atoms with Gasteiger partial charge in [-0.05, 0) is 18.2 Å². The Balaban J connectivity index is 1.65. The maximum absolute atomic E-state index is 14.2. The van der Waals surface area contributed by atoms with Crippen molar-refractivity contribution in [1.29, 1.82) is 0 Å². The van der Waals surface area contributed by atoms with Crippen molar-refractivity contribution in [1.82, 2.24) is 24.3 Å². The van der Waals surface area contributed by atoms with Gasteiger partial charge in [0, 0.05) is 48.4 Å². The van der Waals surface area contributed by atoms with Gasteiger partial charge in [-0.15, -0.1) is 0 Å². The maximum atomic E-state index is 14.2. The Labute approximate surface area is 153 Å². The van der Waals surface area contributed by atoms with Crippen LogP contribution in [0, 0.1) is 5.82 Å². The molecular weight excluding hydrogens is 347 g/mol. The number of halogens is 1. The molecule has 27 heavy (non-hydrogen) atoms. The fourth-order valence-corrected chi connectivity index (χ4v) is 3.47. The van der Waals surface area contributed by atoms with Crippen LogP contribution in [-0.4, -0.2) is 30.9 Å². The molecular formula is C19H15FN6O. The van der Waals surface area contributed by atoms with Crippen molar-refractivity contribution in [2.45, 2.75) is 13.0 Å². The highest BCUT2D eigenvalue weighted by Gasteiger charge is 2.24. The predicted molar refractivity (Wildman–Crippen MR) is 98.0 cm³/mol. The molecule has 134 valence electrons. The number of nitrogens with zero attached hydrogens (tertiary/aromatic N) is 5. The molecule has 0 fully saturated rings. The number of aromatic nitrogens is 5. The van der Waals surface area contributed by atoms with Gasteiger partial charge in [-0.25, -0.2) is 24.1 Å². The Kier molecular flexibility index (Phi) is 3.49. The van der Waals surface area contributed by atoms with Gasteiger partial charge in [0.05, 0.1) is 12.2 Å². The van der Waals surface area contributed by atoms with E-state index in [1.807, 2.05) is 4.90 Å². The second-order valence-corrected chi connectivity index (χ2v) is 6.41. The molecule has 0 saturated carbocycles. The van der Waals surface area contributed by atoms with Gasteiger partial charge in [-0.3, -0.25) is 4.40 Å². The lowest BCUT2D eigenvalue weighted by Crippen LogP contribution is -2.35. The first-order valence-corrected chi connectivity index (χ1v) is 8.61. The summed E-state index contributed by atoms with van der Waals surface area (Å²) in [6, 6.07) is 8.18. The number of nitrogens with one attached hydrogen (secondary N) is 1. The number of imidazole rings is 1. The molecule has 0 amide bonds. The molecule has 5 rings (SSSR count). The molecule has 0 spiro atoms. The summed E-state index contributed by atoms with van der Waals surface area (Å²) in [7, 11) is 0. The Hall–Kier alpha value is -3.55. The molecule has 1 aliphatic heterocycles. The van der Waals surface area contributed by atoms with Gasteiger partial charge >= 0.3 is 5.69 Å². The van der Waals surface area contributed by atoms with Crippen LogP contribution in [0.5, 0.6) is 0 Å². The van der Waals surface area contributed by atoms with Gasteiger partial charge in [0.2, 0.25) is 5.95 Å². The molecule has 4 aromatic rings. The average molecular weight is 362 g/mol. The summed E-state index contributed by atoms with van der Waals surface area (Å²) >= 11 is 0. The lowest BCUT2D eigenvalue weighted by Gasteiger charge is -2.28. The van der Waals surface area contributed by atoms with Crippen LogP contribution in [0.2, 0.25) is 0 Å². The first-order valence-electron chi connectivity index (χ1n) is 8.61. The predicted octanol–water partition coefficient (Wildman–Crippen LogP) is 2.18. The van der Waals surface area contributed by atoms with Crippen LogP contribution >= 0.6 is 0 Å². The van der Waals surface area contributed by atoms with Crippen molar-refractivity contribution in [2.24, 2.45) is 0 Å². The van der Waals surface area contributed by atoms with Crippen molar-refractivity contribution in [3.05, 3.63) is 76.5 Å². The molecule has 0 atom stereocenters. The van der Waals surface area contributed by atoms with Crippen LogP contribution in [-0.2, 0) is 13.0 Å². The fraction of sp³-hybridized carbons (Fsp3) is 0.158. The minimum absolute atomic E-state index is 0.275. The third-order valence-electron chi connectivity index (χ3n) is 4.78. The molecule has 0 unspecified atom stereocenters. The van der Waals surface area contributed by atoms with Crippen molar-refractivity contribution >= 4 is 11.6 Å². The van der Waals surface area contributed by atoms with Crippen LogP contribution in [0.1, 0.15) is 11.3 Å². The highest BCUT2D eigenvalue weighted by molar-refractivity contribution is 5.65. The highest BCUT2D eigenvalue weighted by atomic mass is 19.1. The van der Waals surface area contributed by atoms with E-state index in [2.05, 4.69) is 19.9 Å². The van der Waals surface area contributed by atoms with Crippen LogP contribution in [0.15, 0.2) is 53.7 Å². The second-order valence-electron chi connectivity index (χ2n) is 6.41. The quantitative estimate of drug-likeness (QED) is 0.591. The minimum Gasteiger partial charge on any atom is -0.336 e. The van der Waals surface area contributed by atoms with E-state index in [1.54, 1.807) is 42.9 Å². The summed E-state index contributed by atoms with van der Waals surface area (Å²) in [5.41, 5.74) is 2.81. The van der Waals surface area contributed by atoms with Gasteiger partial charge < -0.3 is 9.88 Å². The fourth-order valence-electron chi connectivity index (χ4n) is 3.47. The van der Waals surface area contributed by atoms with E-state index >= 15 is 0 Å². The number of hydrogen-bond donors (Lipinski definition) is 1. The molecule has 1 aromatic carbocycles. The van der Waals surface area contributed by atoms with Gasteiger partial charge in [0.1, 0.15) is 11.5 Å². The zero-order chi connectivity index (χ0) is 18.4. The van der Waals surface area contributed by atoms with Gasteiger partial charge in [0.15, 0.2) is 0 Å². The number of hydrogen-bond acceptors (Lipinski definition) is 5. The lowest BCUT2D eigenvalue weighted by atomic mass is 10.1. The highest BCUT2D eigenvalue weighted by Crippen LogP contribution is 2.26. The number of rotatable bonds is 2. The van der Waals surface area contributed by atoms with E-state index < -0.39 is 0 Å². The summed E-state index contributed by atoms with van der Waals surface area (Å²) in [4.78, 5) is 30.6. The lowest BCUT2D eigenvalue weighted by molar-refractivity contribution is 0.631. The van der Waals surface area contributed by atoms with E-state index in [-0.39, 0.29) is 11.5 Å². The normalized spacial score (nSPS) is 13.7. The van der Waals surface area contributed by atoms with E-state index in [9.17, 15) is 9.18 Å². The zero-order valence-corrected chi connectivity index (χ0v) is 14.3. The monoisotopic (exact) mass is 362 g/mol. The summed E-state index contributed by atoms with van der Waals surface area (Å²) in [5.74, 6) is 0.263. The third-order valence-corrected chi connectivity index (χ3v) is 4.78. The molecule has 7 nitrogen and oxygen atoms in total. The number of H-pyrrole nitrogens is 1. The SMILES string of the molecule is O=c1[nH]c2c(c3nc(-c4ccccc4F)cn13)CN(c1ncccn1)CC2. The standard InChI is InChI=1S/C19H15FN6O/c20-14-5-2-1-4-12(14)16-11-26-17(23-16)13-10-25(18-21-7-3-8-22-18)9-6-15(13)24-19(26)27/h1-5,7-8,11H,6,9-10H2,(H,24,27). The number of aromatic amines is 1. The smallest absolute Gasteiger partial charge is 0.331 e. The Morgan fingerprint density at radius 1 is 1.11 bits per heavy atom. The summed E-state index contributed by atoms with van der Waals surface area (Å²) < 4.78 is 15.6. The van der Waals surface area contributed by atoms with Crippen molar-refractivity contribution in [2.75, 3.05) is 11.4 Å². The molecule has 4 heterocycles. The van der Waals surface area contributed by atoms with Crippen LogP contribution in [0.25, 0.3) is 16.9 Å². The number of anilines is 1. The zero-order valence-electron chi connectivity index (χ0n) is 14.3. The molecule has 1 aliphatic rings. The van der Waals surface area contributed by atoms with Gasteiger partial charge in [-0.1, -0.05) is 12.1 Å². The van der Waals surface area contributed by atoms with E-state index in [0.29, 0.717) is 42.4 Å². The average Bonchev–Trinajstić information content (AvgIpc) is 3.15. The van der Waals surface area contributed by atoms with E-state index in [0.717, 1.165) is 11.3 Å². The first kappa shape index (κ1) is 15.7. The number of benzene rings is 1. The molecule has 8 heteroatoms. The van der Waals surface area contributed by atoms with Crippen LogP contribution in [0.3, 0.4) is 0 Å². The molecule has 3 aromatic heterocycles. The van der Waals surface area contributed by atoms with Crippen LogP contribution < -0.4 is 10.6 Å². The van der Waals surface area contributed by atoms with Gasteiger partial charge in [0.25, 0.3) is 0 Å². The van der Waals surface area contributed by atoms with Crippen LogP contribution in [0.4, 0.5) is 10.3 Å². The van der Waals surface area contributed by atoms with Crippen molar-refractivity contribution < 1.29 is 4.39 Å². The molecule has 0 radical (unpaired) electrons. The Morgan fingerprint density at radius 3 is 2.74 bits per heavy atom. The summed E-state index contributed by atoms with van der Waals surface area (Å²) in [6.07, 6.45) is 5.63. The number of fused-ring (bicyclic) bond motifs is 3. The summed E-state index contributed by atoms with van der Waals surface area (Å²) in [6.45, 7) is 1.22. The molecule has 0 bridgehead atoms. The third kappa shape index (κ3) is 2.57. The summed E-state index contributed by atoms with van der Waals surface area (Å²) in [5, 5.41) is 0. The first-order chi connectivity index (χ1) is 13.2. The van der Waals surface area contributed by atoms with Crippen molar-refractivity contribution in [3.63, 3.8) is 0 Å². The van der Waals surface area contributed by atoms with Crippen molar-refractivity contribution in [3.8, 4) is 11.3 Å². The second kappa shape index (κ2) is 6.01. The Morgan fingerprint density at radius 2 is 1.93 bits per heavy atom. The largest absolute Gasteiger partial charge is 0.336 e. The molecule has 0 saturated heterocycles. The molecule has 1 N–H and O–H groups in total. The minimum atomic E-state index is -0.370. The topological polar surface area (TPSA) is 79.2 Å². The maximum Gasteiger partial charge on any atom is 0.331 e. The van der Waals surface area contributed by atoms with E-state index in [1.165, 1.54) is 10.5 Å². The van der Waals surface area contributed by atoms with E-state index in [4.69, 9.17) is 0 Å². The molecule has 0 aliphatic carbocycles. The van der Waals surface area contributed by atoms with Gasteiger partial charge in [-0.2, -0.15) is 0 Å². The Bertz CT molecular complexity index is 1200.